The maximum absolute atomic E-state index is 13.2. The van der Waals surface area contributed by atoms with Crippen molar-refractivity contribution in [2.45, 2.75) is 52.1 Å². The molecule has 1 unspecified atom stereocenters. The fourth-order valence-corrected chi connectivity index (χ4v) is 5.58. The molecular formula is C23H29N3O2S. The van der Waals surface area contributed by atoms with Crippen molar-refractivity contribution in [1.29, 1.82) is 0 Å². The fourth-order valence-electron chi connectivity index (χ4n) is 3.75. The van der Waals surface area contributed by atoms with E-state index in [1.807, 2.05) is 87.8 Å². The van der Waals surface area contributed by atoms with Gasteiger partial charge in [-0.3, -0.25) is 0 Å². The Labute approximate surface area is 173 Å². The number of benzene rings is 2. The number of hydrogen-bond donors (Lipinski definition) is 1. The molecule has 1 heterocycles. The normalized spacial score (nSPS) is 13.0. The van der Waals surface area contributed by atoms with Crippen LogP contribution in [0.3, 0.4) is 0 Å². The number of hydrogen-bond acceptors (Lipinski definition) is 3. The number of nitrogens with zero attached hydrogens (tertiary/aromatic N) is 2. The molecule has 1 aromatic heterocycles. The lowest BCUT2D eigenvalue weighted by atomic mass is 10.1. The molecule has 29 heavy (non-hydrogen) atoms. The molecule has 0 aliphatic carbocycles. The van der Waals surface area contributed by atoms with Crippen molar-refractivity contribution in [2.24, 2.45) is 5.92 Å². The number of imidazole rings is 1. The summed E-state index contributed by atoms with van der Waals surface area (Å²) in [5.74, 6) is 0.944. The first-order chi connectivity index (χ1) is 13.7. The van der Waals surface area contributed by atoms with Gasteiger partial charge in [-0.2, -0.15) is 0 Å². The Morgan fingerprint density at radius 1 is 1.03 bits per heavy atom. The van der Waals surface area contributed by atoms with Crippen molar-refractivity contribution in [3.63, 3.8) is 0 Å². The molecule has 6 heteroatoms. The number of aromatic nitrogens is 2. The SMILES string of the molecule is Cc1cc(C)c(S(=O)(=O)NC(Cn2ccnc2-c2ccccc2)C(C)C)c(C)c1. The van der Waals surface area contributed by atoms with Crippen molar-refractivity contribution < 1.29 is 8.42 Å². The Balaban J connectivity index is 1.90. The lowest BCUT2D eigenvalue weighted by Gasteiger charge is -2.25. The third-order valence-corrected chi connectivity index (χ3v) is 6.92. The predicted molar refractivity (Wildman–Crippen MR) is 117 cm³/mol. The molecule has 0 radical (unpaired) electrons. The van der Waals surface area contributed by atoms with Crippen LogP contribution in [0.25, 0.3) is 11.4 Å². The van der Waals surface area contributed by atoms with Crippen molar-refractivity contribution in [3.05, 3.63) is 71.5 Å². The van der Waals surface area contributed by atoms with E-state index in [0.29, 0.717) is 11.4 Å². The van der Waals surface area contributed by atoms with Crippen molar-refractivity contribution >= 4 is 10.0 Å². The first-order valence-electron chi connectivity index (χ1n) is 9.86. The van der Waals surface area contributed by atoms with Crippen LogP contribution in [0.2, 0.25) is 0 Å². The minimum atomic E-state index is -3.65. The standard InChI is InChI=1S/C23H29N3O2S/c1-16(2)21(15-26-12-11-24-23(26)20-9-7-6-8-10-20)25-29(27,28)22-18(4)13-17(3)14-19(22)5/h6-14,16,21,25H,15H2,1-5H3. The number of rotatable bonds is 7. The van der Waals surface area contributed by atoms with Gasteiger partial charge in [0, 0.05) is 30.5 Å². The largest absolute Gasteiger partial charge is 0.329 e. The molecule has 0 bridgehead atoms. The maximum atomic E-state index is 13.2. The molecule has 5 nitrogen and oxygen atoms in total. The molecule has 0 amide bonds. The molecule has 0 fully saturated rings. The van der Waals surface area contributed by atoms with Crippen LogP contribution in [0.15, 0.2) is 59.8 Å². The monoisotopic (exact) mass is 411 g/mol. The van der Waals surface area contributed by atoms with Crippen LogP contribution < -0.4 is 4.72 Å². The van der Waals surface area contributed by atoms with E-state index in [-0.39, 0.29) is 12.0 Å². The van der Waals surface area contributed by atoms with E-state index in [0.717, 1.165) is 28.1 Å². The number of nitrogens with one attached hydrogen (secondary N) is 1. The zero-order valence-corrected chi connectivity index (χ0v) is 18.5. The van der Waals surface area contributed by atoms with Gasteiger partial charge in [0.25, 0.3) is 0 Å². The molecule has 0 spiro atoms. The summed E-state index contributed by atoms with van der Waals surface area (Å²) < 4.78 is 31.5. The number of aryl methyl sites for hydroxylation is 3. The zero-order chi connectivity index (χ0) is 21.2. The second kappa shape index (κ2) is 8.51. The van der Waals surface area contributed by atoms with Gasteiger partial charge in [0.05, 0.1) is 4.90 Å². The van der Waals surface area contributed by atoms with Gasteiger partial charge in [0.15, 0.2) is 0 Å². The highest BCUT2D eigenvalue weighted by molar-refractivity contribution is 7.89. The van der Waals surface area contributed by atoms with Gasteiger partial charge in [-0.15, -0.1) is 0 Å². The van der Waals surface area contributed by atoms with Gasteiger partial charge >= 0.3 is 0 Å². The molecule has 0 saturated heterocycles. The van der Waals surface area contributed by atoms with E-state index < -0.39 is 10.0 Å². The van der Waals surface area contributed by atoms with Crippen molar-refractivity contribution in [3.8, 4) is 11.4 Å². The Morgan fingerprint density at radius 3 is 2.24 bits per heavy atom. The Bertz CT molecular complexity index is 1060. The molecular weight excluding hydrogens is 382 g/mol. The van der Waals surface area contributed by atoms with Crippen molar-refractivity contribution in [2.75, 3.05) is 0 Å². The molecule has 2 aromatic carbocycles. The van der Waals surface area contributed by atoms with E-state index in [4.69, 9.17) is 0 Å². The first-order valence-corrected chi connectivity index (χ1v) is 11.3. The lowest BCUT2D eigenvalue weighted by Crippen LogP contribution is -2.42. The summed E-state index contributed by atoms with van der Waals surface area (Å²) in [6, 6.07) is 13.5. The van der Waals surface area contributed by atoms with Crippen LogP contribution in [-0.2, 0) is 16.6 Å². The summed E-state index contributed by atoms with van der Waals surface area (Å²) >= 11 is 0. The summed E-state index contributed by atoms with van der Waals surface area (Å²) in [7, 11) is -3.65. The van der Waals surface area contributed by atoms with Gasteiger partial charge in [0.1, 0.15) is 5.82 Å². The highest BCUT2D eigenvalue weighted by Crippen LogP contribution is 2.24. The third kappa shape index (κ3) is 4.77. The molecule has 1 N–H and O–H groups in total. The summed E-state index contributed by atoms with van der Waals surface area (Å²) in [5, 5.41) is 0. The minimum absolute atomic E-state index is 0.113. The van der Waals surface area contributed by atoms with Crippen LogP contribution in [0.4, 0.5) is 0 Å². The molecule has 0 aliphatic heterocycles. The second-order valence-corrected chi connectivity index (χ2v) is 9.62. The van der Waals surface area contributed by atoms with Crippen LogP contribution in [0.5, 0.6) is 0 Å². The number of sulfonamides is 1. The quantitative estimate of drug-likeness (QED) is 0.623. The van der Waals surface area contributed by atoms with Gasteiger partial charge in [0.2, 0.25) is 10.0 Å². The first kappa shape index (κ1) is 21.3. The lowest BCUT2D eigenvalue weighted by molar-refractivity contribution is 0.400. The van der Waals surface area contributed by atoms with E-state index in [2.05, 4.69) is 9.71 Å². The predicted octanol–water partition coefficient (Wildman–Crippen LogP) is 4.48. The van der Waals surface area contributed by atoms with E-state index in [9.17, 15) is 8.42 Å². The van der Waals surface area contributed by atoms with Gasteiger partial charge in [-0.05, 0) is 37.8 Å². The van der Waals surface area contributed by atoms with E-state index in [1.54, 1.807) is 6.20 Å². The van der Waals surface area contributed by atoms with Crippen LogP contribution in [0.1, 0.15) is 30.5 Å². The fraction of sp³-hybridized carbons (Fsp3) is 0.348. The van der Waals surface area contributed by atoms with Crippen LogP contribution >= 0.6 is 0 Å². The smallest absolute Gasteiger partial charge is 0.241 e. The van der Waals surface area contributed by atoms with Crippen LogP contribution in [-0.4, -0.2) is 24.0 Å². The molecule has 3 rings (SSSR count). The van der Waals surface area contributed by atoms with Crippen LogP contribution in [0, 0.1) is 26.7 Å². The van der Waals surface area contributed by atoms with Gasteiger partial charge in [-0.25, -0.2) is 18.1 Å². The van der Waals surface area contributed by atoms with E-state index >= 15 is 0 Å². The molecule has 0 aliphatic rings. The molecule has 154 valence electrons. The Morgan fingerprint density at radius 2 is 1.66 bits per heavy atom. The van der Waals surface area contributed by atoms with Gasteiger partial charge in [-0.1, -0.05) is 61.9 Å². The second-order valence-electron chi connectivity index (χ2n) is 7.97. The summed E-state index contributed by atoms with van der Waals surface area (Å²) in [6.45, 7) is 10.2. The zero-order valence-electron chi connectivity index (χ0n) is 17.7. The third-order valence-electron chi connectivity index (χ3n) is 5.13. The average molecular weight is 412 g/mol. The molecule has 3 aromatic rings. The highest BCUT2D eigenvalue weighted by atomic mass is 32.2. The molecule has 0 saturated carbocycles. The molecule has 1 atom stereocenters. The summed E-state index contributed by atoms with van der Waals surface area (Å²) in [6.07, 6.45) is 3.65. The summed E-state index contributed by atoms with van der Waals surface area (Å²) in [4.78, 5) is 4.85. The van der Waals surface area contributed by atoms with Gasteiger partial charge < -0.3 is 4.57 Å². The summed E-state index contributed by atoms with van der Waals surface area (Å²) in [5.41, 5.74) is 3.61. The Hall–Kier alpha value is -2.44. The minimum Gasteiger partial charge on any atom is -0.329 e. The average Bonchev–Trinajstić information content (AvgIpc) is 3.08. The van der Waals surface area contributed by atoms with E-state index in [1.165, 1.54) is 0 Å². The topological polar surface area (TPSA) is 64.0 Å². The Kier molecular flexibility index (Phi) is 6.24. The van der Waals surface area contributed by atoms with Crippen molar-refractivity contribution in [1.82, 2.24) is 14.3 Å². The maximum Gasteiger partial charge on any atom is 0.241 e. The highest BCUT2D eigenvalue weighted by Gasteiger charge is 2.26.